The van der Waals surface area contributed by atoms with Gasteiger partial charge in [-0.1, -0.05) is 0 Å². The van der Waals surface area contributed by atoms with E-state index in [-0.39, 0.29) is 23.4 Å². The molecule has 2 amide bonds. The summed E-state index contributed by atoms with van der Waals surface area (Å²) in [5.41, 5.74) is 0.618. The van der Waals surface area contributed by atoms with Crippen LogP contribution in [0.4, 0.5) is 11.4 Å². The molecule has 1 aromatic carbocycles. The van der Waals surface area contributed by atoms with Crippen molar-refractivity contribution in [1.29, 1.82) is 0 Å². The molecule has 3 rings (SSSR count). The third-order valence-electron chi connectivity index (χ3n) is 4.24. The molecule has 7 nitrogen and oxygen atoms in total. The minimum atomic E-state index is -0.489. The number of carbonyl (C=O) groups is 2. The summed E-state index contributed by atoms with van der Waals surface area (Å²) < 4.78 is 0. The first kappa shape index (κ1) is 14.5. The van der Waals surface area contributed by atoms with Crippen LogP contribution in [0.5, 0.6) is 0 Å². The molecule has 2 aliphatic rings. The largest absolute Gasteiger partial charge is 0.329 e. The van der Waals surface area contributed by atoms with Crippen molar-refractivity contribution in [3.05, 3.63) is 34.4 Å². The van der Waals surface area contributed by atoms with Crippen LogP contribution < -0.4 is 4.90 Å². The summed E-state index contributed by atoms with van der Waals surface area (Å²) in [5, 5.41) is 10.7. The summed E-state index contributed by atoms with van der Waals surface area (Å²) in [5.74, 6) is 0.0273. The fourth-order valence-corrected chi connectivity index (χ4v) is 2.75. The SMILES string of the molecule is CC1C(=O)N(c2ccc([N+](=O)[O-])cc2)CCN1C(=O)C1CC1. The fraction of sp³-hybridized carbons (Fsp3) is 0.467. The average Bonchev–Trinajstić information content (AvgIpc) is 3.34. The van der Waals surface area contributed by atoms with Crippen LogP contribution in [0.1, 0.15) is 19.8 Å². The maximum Gasteiger partial charge on any atom is 0.269 e. The summed E-state index contributed by atoms with van der Waals surface area (Å²) in [6.45, 7) is 2.65. The topological polar surface area (TPSA) is 83.8 Å². The number of hydrogen-bond donors (Lipinski definition) is 0. The van der Waals surface area contributed by atoms with Gasteiger partial charge in [0, 0.05) is 36.8 Å². The molecule has 22 heavy (non-hydrogen) atoms. The third-order valence-corrected chi connectivity index (χ3v) is 4.24. The van der Waals surface area contributed by atoms with E-state index >= 15 is 0 Å². The third kappa shape index (κ3) is 2.54. The van der Waals surface area contributed by atoms with Gasteiger partial charge in [-0.25, -0.2) is 0 Å². The maximum absolute atomic E-state index is 12.5. The highest BCUT2D eigenvalue weighted by atomic mass is 16.6. The molecule has 116 valence electrons. The van der Waals surface area contributed by atoms with Gasteiger partial charge in [0.25, 0.3) is 5.69 Å². The Bertz CT molecular complexity index is 624. The molecule has 1 unspecified atom stereocenters. The summed E-state index contributed by atoms with van der Waals surface area (Å²) in [6.07, 6.45) is 1.84. The van der Waals surface area contributed by atoms with Crippen molar-refractivity contribution in [1.82, 2.24) is 4.90 Å². The van der Waals surface area contributed by atoms with Crippen LogP contribution in [0.15, 0.2) is 24.3 Å². The van der Waals surface area contributed by atoms with E-state index < -0.39 is 11.0 Å². The van der Waals surface area contributed by atoms with Gasteiger partial charge in [-0.2, -0.15) is 0 Å². The van der Waals surface area contributed by atoms with Crippen molar-refractivity contribution >= 4 is 23.2 Å². The Morgan fingerprint density at radius 2 is 1.86 bits per heavy atom. The summed E-state index contributed by atoms with van der Waals surface area (Å²) in [7, 11) is 0. The molecule has 0 aromatic heterocycles. The Kier molecular flexibility index (Phi) is 3.56. The number of piperazine rings is 1. The number of anilines is 1. The summed E-state index contributed by atoms with van der Waals surface area (Å²) in [4.78, 5) is 38.1. The molecule has 0 bridgehead atoms. The first-order valence-electron chi connectivity index (χ1n) is 7.35. The molecule has 1 heterocycles. The number of non-ortho nitro benzene ring substituents is 1. The second-order valence-electron chi connectivity index (χ2n) is 5.75. The van der Waals surface area contributed by atoms with Gasteiger partial charge in [0.15, 0.2) is 0 Å². The zero-order valence-corrected chi connectivity index (χ0v) is 12.3. The number of rotatable bonds is 3. The number of benzene rings is 1. The van der Waals surface area contributed by atoms with Crippen molar-refractivity contribution in [2.75, 3.05) is 18.0 Å². The molecule has 7 heteroatoms. The number of hydrogen-bond acceptors (Lipinski definition) is 4. The smallest absolute Gasteiger partial charge is 0.269 e. The molecular weight excluding hydrogens is 286 g/mol. The molecule has 1 aliphatic carbocycles. The molecule has 1 atom stereocenters. The zero-order chi connectivity index (χ0) is 15.9. The van der Waals surface area contributed by atoms with Crippen LogP contribution in [0.2, 0.25) is 0 Å². The zero-order valence-electron chi connectivity index (χ0n) is 12.3. The molecule has 1 saturated carbocycles. The molecule has 1 aromatic rings. The first-order chi connectivity index (χ1) is 10.5. The average molecular weight is 303 g/mol. The predicted octanol–water partition coefficient (Wildman–Crippen LogP) is 1.57. The molecule has 0 radical (unpaired) electrons. The van der Waals surface area contributed by atoms with Crippen molar-refractivity contribution in [3.8, 4) is 0 Å². The normalized spacial score (nSPS) is 21.9. The summed E-state index contributed by atoms with van der Waals surface area (Å²) >= 11 is 0. The van der Waals surface area contributed by atoms with Crippen LogP contribution in [-0.4, -0.2) is 40.8 Å². The van der Waals surface area contributed by atoms with Crippen molar-refractivity contribution in [2.45, 2.75) is 25.8 Å². The van der Waals surface area contributed by atoms with Crippen LogP contribution in [0.25, 0.3) is 0 Å². The lowest BCUT2D eigenvalue weighted by Gasteiger charge is -2.39. The van der Waals surface area contributed by atoms with E-state index in [4.69, 9.17) is 0 Å². The minimum absolute atomic E-state index is 0.00760. The van der Waals surface area contributed by atoms with E-state index in [2.05, 4.69) is 0 Å². The molecule has 1 aliphatic heterocycles. The number of nitro groups is 1. The van der Waals surface area contributed by atoms with Gasteiger partial charge < -0.3 is 9.80 Å². The Balaban J connectivity index is 1.75. The Hall–Kier alpha value is -2.44. The lowest BCUT2D eigenvalue weighted by atomic mass is 10.1. The minimum Gasteiger partial charge on any atom is -0.329 e. The number of carbonyl (C=O) groups excluding carboxylic acids is 2. The first-order valence-corrected chi connectivity index (χ1v) is 7.35. The van der Waals surface area contributed by atoms with Gasteiger partial charge in [0.1, 0.15) is 6.04 Å². The van der Waals surface area contributed by atoms with Gasteiger partial charge in [-0.15, -0.1) is 0 Å². The standard InChI is InChI=1S/C15H17N3O4/c1-10-14(19)17(9-8-16(10)15(20)11-2-3-11)12-4-6-13(7-5-12)18(21)22/h4-7,10-11H,2-3,8-9H2,1H3. The molecule has 0 spiro atoms. The maximum atomic E-state index is 12.5. The monoisotopic (exact) mass is 303 g/mol. The van der Waals surface area contributed by atoms with Crippen molar-refractivity contribution < 1.29 is 14.5 Å². The Morgan fingerprint density at radius 3 is 2.41 bits per heavy atom. The van der Waals surface area contributed by atoms with E-state index in [0.717, 1.165) is 12.8 Å². The van der Waals surface area contributed by atoms with Gasteiger partial charge in [0.2, 0.25) is 11.8 Å². The van der Waals surface area contributed by atoms with Crippen molar-refractivity contribution in [2.24, 2.45) is 5.92 Å². The van der Waals surface area contributed by atoms with Gasteiger partial charge in [-0.05, 0) is 31.9 Å². The highest BCUT2D eigenvalue weighted by Gasteiger charge is 2.40. The predicted molar refractivity (Wildman–Crippen MR) is 79.3 cm³/mol. The highest BCUT2D eigenvalue weighted by Crippen LogP contribution is 2.33. The van der Waals surface area contributed by atoms with Crippen LogP contribution in [-0.2, 0) is 9.59 Å². The molecule has 1 saturated heterocycles. The van der Waals surface area contributed by atoms with E-state index in [1.54, 1.807) is 28.9 Å². The quantitative estimate of drug-likeness (QED) is 0.626. The summed E-state index contributed by atoms with van der Waals surface area (Å²) in [6, 6.07) is 5.42. The lowest BCUT2D eigenvalue weighted by molar-refractivity contribution is -0.384. The second-order valence-corrected chi connectivity index (χ2v) is 5.75. The molecule has 2 fully saturated rings. The molecule has 0 N–H and O–H groups in total. The van der Waals surface area contributed by atoms with E-state index in [1.807, 2.05) is 0 Å². The van der Waals surface area contributed by atoms with E-state index in [0.29, 0.717) is 18.8 Å². The lowest BCUT2D eigenvalue weighted by Crippen LogP contribution is -2.58. The number of amides is 2. The number of nitrogens with zero attached hydrogens (tertiary/aromatic N) is 3. The van der Waals surface area contributed by atoms with Crippen molar-refractivity contribution in [3.63, 3.8) is 0 Å². The molecular formula is C15H17N3O4. The fourth-order valence-electron chi connectivity index (χ4n) is 2.75. The van der Waals surface area contributed by atoms with Crippen LogP contribution >= 0.6 is 0 Å². The van der Waals surface area contributed by atoms with E-state index in [9.17, 15) is 19.7 Å². The Labute approximate surface area is 127 Å². The van der Waals surface area contributed by atoms with Crippen LogP contribution in [0, 0.1) is 16.0 Å². The second kappa shape index (κ2) is 5.40. The highest BCUT2D eigenvalue weighted by molar-refractivity contribution is 6.00. The number of nitro benzene ring substituents is 1. The van der Waals surface area contributed by atoms with Crippen LogP contribution in [0.3, 0.4) is 0 Å². The van der Waals surface area contributed by atoms with Gasteiger partial charge in [0.05, 0.1) is 4.92 Å². The van der Waals surface area contributed by atoms with Gasteiger partial charge in [-0.3, -0.25) is 19.7 Å². The Morgan fingerprint density at radius 1 is 1.23 bits per heavy atom. The van der Waals surface area contributed by atoms with E-state index in [1.165, 1.54) is 12.1 Å². The van der Waals surface area contributed by atoms with Gasteiger partial charge >= 0.3 is 0 Å².